The fourth-order valence-electron chi connectivity index (χ4n) is 1.69. The van der Waals surface area contributed by atoms with Crippen LogP contribution in [-0.2, 0) is 6.61 Å². The number of carbonyl (C=O) groups is 1. The lowest BCUT2D eigenvalue weighted by Crippen LogP contribution is -2.02. The molecule has 20 heavy (non-hydrogen) atoms. The van der Waals surface area contributed by atoms with Crippen LogP contribution in [0.4, 0.5) is 8.78 Å². The summed E-state index contributed by atoms with van der Waals surface area (Å²) in [4.78, 5) is 10.5. The second-order valence-corrected chi connectivity index (χ2v) is 4.03. The Morgan fingerprint density at radius 3 is 2.60 bits per heavy atom. The maximum Gasteiger partial charge on any atom is 0.171 e. The van der Waals surface area contributed by atoms with Gasteiger partial charge in [-0.2, -0.15) is 0 Å². The summed E-state index contributed by atoms with van der Waals surface area (Å²) in [6, 6.07) is 8.44. The molecule has 0 N–H and O–H groups in total. The molecule has 0 amide bonds. The van der Waals surface area contributed by atoms with Crippen LogP contribution in [0.25, 0.3) is 0 Å². The second-order valence-electron chi connectivity index (χ2n) is 4.03. The predicted octanol–water partition coefficient (Wildman–Crippen LogP) is 3.36. The van der Waals surface area contributed by atoms with Crippen molar-refractivity contribution in [3.63, 3.8) is 0 Å². The number of rotatable bonds is 5. The van der Waals surface area contributed by atoms with Crippen molar-refractivity contribution in [2.45, 2.75) is 6.61 Å². The molecule has 0 aliphatic rings. The molecule has 2 rings (SSSR count). The standard InChI is InChI=1S/C15H12F2O3/c1-19-14-4-2-3-11(15(14)17)9-20-13-6-5-10(8-18)7-12(13)16/h2-8H,9H2,1H3. The van der Waals surface area contributed by atoms with Crippen molar-refractivity contribution in [1.29, 1.82) is 0 Å². The molecule has 0 unspecified atom stereocenters. The quantitative estimate of drug-likeness (QED) is 0.787. The summed E-state index contributed by atoms with van der Waals surface area (Å²) < 4.78 is 37.5. The van der Waals surface area contributed by atoms with Crippen molar-refractivity contribution in [3.8, 4) is 11.5 Å². The van der Waals surface area contributed by atoms with Crippen molar-refractivity contribution in [2.24, 2.45) is 0 Å². The molecule has 0 bridgehead atoms. The largest absolute Gasteiger partial charge is 0.494 e. The van der Waals surface area contributed by atoms with E-state index in [4.69, 9.17) is 9.47 Å². The molecule has 0 aliphatic carbocycles. The molecular weight excluding hydrogens is 266 g/mol. The summed E-state index contributed by atoms with van der Waals surface area (Å²) in [7, 11) is 1.36. The number of hydrogen-bond donors (Lipinski definition) is 0. The Bertz CT molecular complexity index is 627. The summed E-state index contributed by atoms with van der Waals surface area (Å²) >= 11 is 0. The van der Waals surface area contributed by atoms with Crippen LogP contribution in [0.15, 0.2) is 36.4 Å². The molecule has 0 aromatic heterocycles. The average molecular weight is 278 g/mol. The fourth-order valence-corrected chi connectivity index (χ4v) is 1.69. The minimum Gasteiger partial charge on any atom is -0.494 e. The van der Waals surface area contributed by atoms with Crippen molar-refractivity contribution in [1.82, 2.24) is 0 Å². The Labute approximate surface area is 114 Å². The molecule has 0 radical (unpaired) electrons. The normalized spacial score (nSPS) is 10.2. The zero-order valence-electron chi connectivity index (χ0n) is 10.7. The van der Waals surface area contributed by atoms with E-state index in [1.807, 2.05) is 0 Å². The third-order valence-corrected chi connectivity index (χ3v) is 2.74. The molecule has 0 atom stereocenters. The zero-order chi connectivity index (χ0) is 14.5. The summed E-state index contributed by atoms with van der Waals surface area (Å²) in [5, 5.41) is 0. The highest BCUT2D eigenvalue weighted by atomic mass is 19.1. The highest BCUT2D eigenvalue weighted by Crippen LogP contribution is 2.23. The predicted molar refractivity (Wildman–Crippen MR) is 69.1 cm³/mol. The van der Waals surface area contributed by atoms with Gasteiger partial charge >= 0.3 is 0 Å². The van der Waals surface area contributed by atoms with E-state index in [1.54, 1.807) is 6.07 Å². The van der Waals surface area contributed by atoms with Crippen LogP contribution >= 0.6 is 0 Å². The van der Waals surface area contributed by atoms with Gasteiger partial charge in [-0.3, -0.25) is 4.79 Å². The molecule has 3 nitrogen and oxygen atoms in total. The number of methoxy groups -OCH3 is 1. The molecule has 2 aromatic rings. The van der Waals surface area contributed by atoms with Crippen LogP contribution in [0.1, 0.15) is 15.9 Å². The Hall–Kier alpha value is -2.43. The number of hydrogen-bond acceptors (Lipinski definition) is 3. The Balaban J connectivity index is 2.15. The summed E-state index contributed by atoms with van der Waals surface area (Å²) in [5.74, 6) is -1.15. The Morgan fingerprint density at radius 1 is 1.15 bits per heavy atom. The molecule has 0 heterocycles. The highest BCUT2D eigenvalue weighted by molar-refractivity contribution is 5.74. The fraction of sp³-hybridized carbons (Fsp3) is 0.133. The summed E-state index contributed by atoms with van der Waals surface area (Å²) in [6.45, 7) is -0.139. The zero-order valence-corrected chi connectivity index (χ0v) is 10.7. The van der Waals surface area contributed by atoms with Gasteiger partial charge in [0.2, 0.25) is 0 Å². The van der Waals surface area contributed by atoms with Crippen molar-refractivity contribution in [2.75, 3.05) is 7.11 Å². The van der Waals surface area contributed by atoms with E-state index in [1.165, 1.54) is 31.4 Å². The minimum atomic E-state index is -0.669. The van der Waals surface area contributed by atoms with Crippen molar-refractivity contribution in [3.05, 3.63) is 59.2 Å². The van der Waals surface area contributed by atoms with E-state index < -0.39 is 11.6 Å². The third kappa shape index (κ3) is 2.93. The molecule has 0 aliphatic heterocycles. The van der Waals surface area contributed by atoms with Gasteiger partial charge in [0.25, 0.3) is 0 Å². The second kappa shape index (κ2) is 6.14. The average Bonchev–Trinajstić information content (AvgIpc) is 2.47. The van der Waals surface area contributed by atoms with E-state index in [9.17, 15) is 13.6 Å². The first-order valence-corrected chi connectivity index (χ1v) is 5.84. The smallest absolute Gasteiger partial charge is 0.171 e. The molecule has 2 aromatic carbocycles. The van der Waals surface area contributed by atoms with Gasteiger partial charge in [-0.1, -0.05) is 12.1 Å². The first-order valence-electron chi connectivity index (χ1n) is 5.84. The molecule has 0 spiro atoms. The van der Waals surface area contributed by atoms with Crippen LogP contribution in [0.2, 0.25) is 0 Å². The van der Waals surface area contributed by atoms with Crippen LogP contribution in [0.3, 0.4) is 0 Å². The van der Waals surface area contributed by atoms with Gasteiger partial charge in [0.05, 0.1) is 7.11 Å². The van der Waals surface area contributed by atoms with Gasteiger partial charge in [0.15, 0.2) is 23.1 Å². The number of carbonyl (C=O) groups excluding carboxylic acids is 1. The lowest BCUT2D eigenvalue weighted by atomic mass is 10.2. The van der Waals surface area contributed by atoms with E-state index in [2.05, 4.69) is 0 Å². The van der Waals surface area contributed by atoms with E-state index in [0.29, 0.717) is 6.29 Å². The van der Waals surface area contributed by atoms with Gasteiger partial charge in [-0.15, -0.1) is 0 Å². The molecule has 5 heteroatoms. The van der Waals surface area contributed by atoms with Crippen molar-refractivity contribution < 1.29 is 23.0 Å². The monoisotopic (exact) mass is 278 g/mol. The number of benzene rings is 2. The Morgan fingerprint density at radius 2 is 1.95 bits per heavy atom. The number of aldehydes is 1. The molecular formula is C15H12F2O3. The number of halogens is 2. The SMILES string of the molecule is COc1cccc(COc2ccc(C=O)cc2F)c1F. The first-order chi connectivity index (χ1) is 9.65. The lowest BCUT2D eigenvalue weighted by molar-refractivity contribution is 0.112. The first kappa shape index (κ1) is 14.0. The minimum absolute atomic E-state index is 0.0437. The molecule has 104 valence electrons. The summed E-state index contributed by atoms with van der Waals surface area (Å²) in [6.07, 6.45) is 0.536. The van der Waals surface area contributed by atoms with Gasteiger partial charge in [-0.05, 0) is 24.3 Å². The van der Waals surface area contributed by atoms with Gasteiger partial charge in [0, 0.05) is 11.1 Å². The van der Waals surface area contributed by atoms with Crippen LogP contribution < -0.4 is 9.47 Å². The molecule has 0 fully saturated rings. The number of ether oxygens (including phenoxy) is 2. The van der Waals surface area contributed by atoms with Gasteiger partial charge in [-0.25, -0.2) is 8.78 Å². The maximum absolute atomic E-state index is 13.8. The van der Waals surface area contributed by atoms with E-state index in [0.717, 1.165) is 6.07 Å². The van der Waals surface area contributed by atoms with Crippen LogP contribution in [-0.4, -0.2) is 13.4 Å². The maximum atomic E-state index is 13.8. The highest BCUT2D eigenvalue weighted by Gasteiger charge is 2.10. The molecule has 0 saturated heterocycles. The van der Waals surface area contributed by atoms with Crippen molar-refractivity contribution >= 4 is 6.29 Å². The third-order valence-electron chi connectivity index (χ3n) is 2.74. The Kier molecular flexibility index (Phi) is 4.30. The van der Waals surface area contributed by atoms with Crippen LogP contribution in [0, 0.1) is 11.6 Å². The molecule has 0 saturated carbocycles. The summed E-state index contributed by atoms with van der Waals surface area (Å²) in [5.41, 5.74) is 0.464. The van der Waals surface area contributed by atoms with E-state index in [-0.39, 0.29) is 29.2 Å². The lowest BCUT2D eigenvalue weighted by Gasteiger charge is -2.10. The van der Waals surface area contributed by atoms with Gasteiger partial charge < -0.3 is 9.47 Å². The van der Waals surface area contributed by atoms with Crippen LogP contribution in [0.5, 0.6) is 11.5 Å². The van der Waals surface area contributed by atoms with E-state index >= 15 is 0 Å². The van der Waals surface area contributed by atoms with Gasteiger partial charge in [0.1, 0.15) is 12.9 Å². The topological polar surface area (TPSA) is 35.5 Å².